The van der Waals surface area contributed by atoms with E-state index in [9.17, 15) is 0 Å². The lowest BCUT2D eigenvalue weighted by molar-refractivity contribution is 0.535. The molecule has 2 heteroatoms. The number of hydrogen-bond donors (Lipinski definition) is 2. The van der Waals surface area contributed by atoms with E-state index >= 15 is 0 Å². The maximum absolute atomic E-state index is 3.53. The second kappa shape index (κ2) is 5.46. The molecule has 1 unspecified atom stereocenters. The molecule has 0 spiro atoms. The minimum atomic E-state index is 0.687. The molecule has 2 nitrogen and oxygen atoms in total. The summed E-state index contributed by atoms with van der Waals surface area (Å²) in [7, 11) is 0. The number of aryl methyl sites for hydroxylation is 2. The van der Waals surface area contributed by atoms with Crippen molar-refractivity contribution in [1.29, 1.82) is 0 Å². The Labute approximate surface area is 98.4 Å². The highest BCUT2D eigenvalue weighted by molar-refractivity contribution is 5.29. The van der Waals surface area contributed by atoms with Gasteiger partial charge in [-0.05, 0) is 49.9 Å². The molecule has 0 saturated carbocycles. The van der Waals surface area contributed by atoms with E-state index in [4.69, 9.17) is 0 Å². The van der Waals surface area contributed by atoms with Crippen molar-refractivity contribution >= 4 is 0 Å². The molecule has 1 heterocycles. The number of hydrogen-bond acceptors (Lipinski definition) is 2. The minimum absolute atomic E-state index is 0.687. The van der Waals surface area contributed by atoms with Crippen molar-refractivity contribution in [2.24, 2.45) is 0 Å². The van der Waals surface area contributed by atoms with Gasteiger partial charge in [0.05, 0.1) is 0 Å². The maximum Gasteiger partial charge on any atom is 0.0206 e. The second-order valence-corrected chi connectivity index (χ2v) is 4.84. The van der Waals surface area contributed by atoms with Crippen LogP contribution >= 0.6 is 0 Å². The van der Waals surface area contributed by atoms with Crippen LogP contribution in [0.5, 0.6) is 0 Å². The normalized spacial score (nSPS) is 20.2. The van der Waals surface area contributed by atoms with Gasteiger partial charge in [0.2, 0.25) is 0 Å². The SMILES string of the molecule is Cc1ccc(CNCC2CCCN2)cc1C. The first-order valence-electron chi connectivity index (χ1n) is 6.26. The first-order chi connectivity index (χ1) is 7.75. The third-order valence-electron chi connectivity index (χ3n) is 3.45. The summed E-state index contributed by atoms with van der Waals surface area (Å²) in [5.74, 6) is 0. The second-order valence-electron chi connectivity index (χ2n) is 4.84. The summed E-state index contributed by atoms with van der Waals surface area (Å²) >= 11 is 0. The largest absolute Gasteiger partial charge is 0.313 e. The van der Waals surface area contributed by atoms with Gasteiger partial charge in [0.1, 0.15) is 0 Å². The van der Waals surface area contributed by atoms with Gasteiger partial charge in [-0.2, -0.15) is 0 Å². The van der Waals surface area contributed by atoms with Crippen molar-refractivity contribution in [3.8, 4) is 0 Å². The molecule has 0 bridgehead atoms. The first-order valence-corrected chi connectivity index (χ1v) is 6.26. The lowest BCUT2D eigenvalue weighted by atomic mass is 10.1. The molecule has 1 aliphatic rings. The first kappa shape index (κ1) is 11.6. The summed E-state index contributed by atoms with van der Waals surface area (Å²) < 4.78 is 0. The summed E-state index contributed by atoms with van der Waals surface area (Å²) in [5, 5.41) is 7.03. The van der Waals surface area contributed by atoms with Crippen LogP contribution in [0.1, 0.15) is 29.5 Å². The van der Waals surface area contributed by atoms with Crippen molar-refractivity contribution in [3.05, 3.63) is 34.9 Å². The van der Waals surface area contributed by atoms with Crippen LogP contribution in [0.15, 0.2) is 18.2 Å². The maximum atomic E-state index is 3.53. The smallest absolute Gasteiger partial charge is 0.0206 e. The minimum Gasteiger partial charge on any atom is -0.313 e. The van der Waals surface area contributed by atoms with E-state index in [1.54, 1.807) is 0 Å². The molecule has 1 saturated heterocycles. The van der Waals surface area contributed by atoms with Gasteiger partial charge in [0.15, 0.2) is 0 Å². The van der Waals surface area contributed by atoms with E-state index in [2.05, 4.69) is 42.7 Å². The third kappa shape index (κ3) is 3.06. The van der Waals surface area contributed by atoms with Gasteiger partial charge in [0, 0.05) is 19.1 Å². The molecule has 0 radical (unpaired) electrons. The van der Waals surface area contributed by atoms with Crippen molar-refractivity contribution < 1.29 is 0 Å². The van der Waals surface area contributed by atoms with Crippen LogP contribution in [0.4, 0.5) is 0 Å². The zero-order valence-electron chi connectivity index (χ0n) is 10.3. The van der Waals surface area contributed by atoms with Crippen LogP contribution in [0.25, 0.3) is 0 Å². The summed E-state index contributed by atoms with van der Waals surface area (Å²) in [5.41, 5.74) is 4.15. The van der Waals surface area contributed by atoms with Crippen LogP contribution in [-0.2, 0) is 6.54 Å². The summed E-state index contributed by atoms with van der Waals surface area (Å²) in [6.07, 6.45) is 2.65. The van der Waals surface area contributed by atoms with Crippen LogP contribution < -0.4 is 10.6 Å². The predicted octanol–water partition coefficient (Wildman–Crippen LogP) is 2.15. The van der Waals surface area contributed by atoms with E-state index in [1.165, 1.54) is 36.1 Å². The highest BCUT2D eigenvalue weighted by Crippen LogP contribution is 2.10. The molecule has 2 N–H and O–H groups in total. The predicted molar refractivity (Wildman–Crippen MR) is 68.6 cm³/mol. The topological polar surface area (TPSA) is 24.1 Å². The zero-order chi connectivity index (χ0) is 11.4. The number of nitrogens with one attached hydrogen (secondary N) is 2. The molecule has 88 valence electrons. The fourth-order valence-electron chi connectivity index (χ4n) is 2.24. The fourth-order valence-corrected chi connectivity index (χ4v) is 2.24. The van der Waals surface area contributed by atoms with Crippen molar-refractivity contribution in [3.63, 3.8) is 0 Å². The lowest BCUT2D eigenvalue weighted by Crippen LogP contribution is -2.33. The van der Waals surface area contributed by atoms with E-state index in [-0.39, 0.29) is 0 Å². The van der Waals surface area contributed by atoms with Gasteiger partial charge in [-0.1, -0.05) is 18.2 Å². The molecule has 1 atom stereocenters. The van der Waals surface area contributed by atoms with Gasteiger partial charge in [0.25, 0.3) is 0 Å². The molecule has 0 aromatic heterocycles. The van der Waals surface area contributed by atoms with Gasteiger partial charge in [-0.15, -0.1) is 0 Å². The summed E-state index contributed by atoms with van der Waals surface area (Å²) in [4.78, 5) is 0. The molecule has 0 aliphatic carbocycles. The van der Waals surface area contributed by atoms with Crippen molar-refractivity contribution in [2.75, 3.05) is 13.1 Å². The van der Waals surface area contributed by atoms with Gasteiger partial charge in [-0.25, -0.2) is 0 Å². The highest BCUT2D eigenvalue weighted by atomic mass is 15.0. The van der Waals surface area contributed by atoms with E-state index in [1.807, 2.05) is 0 Å². The molecule has 2 rings (SSSR count). The van der Waals surface area contributed by atoms with Crippen LogP contribution in [0, 0.1) is 13.8 Å². The van der Waals surface area contributed by atoms with Crippen LogP contribution in [0.3, 0.4) is 0 Å². The summed E-state index contributed by atoms with van der Waals surface area (Å²) in [6.45, 7) is 7.61. The van der Waals surface area contributed by atoms with Crippen molar-refractivity contribution in [1.82, 2.24) is 10.6 Å². The van der Waals surface area contributed by atoms with Crippen LogP contribution in [-0.4, -0.2) is 19.1 Å². The molecule has 0 amide bonds. The quantitative estimate of drug-likeness (QED) is 0.809. The Bertz CT molecular complexity index is 341. The molecule has 1 aromatic rings. The van der Waals surface area contributed by atoms with Gasteiger partial charge < -0.3 is 10.6 Å². The Morgan fingerprint density at radius 1 is 1.31 bits per heavy atom. The van der Waals surface area contributed by atoms with Gasteiger partial charge >= 0.3 is 0 Å². The van der Waals surface area contributed by atoms with Gasteiger partial charge in [-0.3, -0.25) is 0 Å². The van der Waals surface area contributed by atoms with E-state index < -0.39 is 0 Å². The molecule has 16 heavy (non-hydrogen) atoms. The van der Waals surface area contributed by atoms with Crippen molar-refractivity contribution in [2.45, 2.75) is 39.3 Å². The number of benzene rings is 1. The zero-order valence-corrected chi connectivity index (χ0v) is 10.3. The lowest BCUT2D eigenvalue weighted by Gasteiger charge is -2.12. The summed E-state index contributed by atoms with van der Waals surface area (Å²) in [6, 6.07) is 7.40. The average molecular weight is 218 g/mol. The Balaban J connectivity index is 1.78. The van der Waals surface area contributed by atoms with Crippen LogP contribution in [0.2, 0.25) is 0 Å². The Kier molecular flexibility index (Phi) is 3.97. The Morgan fingerprint density at radius 3 is 2.88 bits per heavy atom. The monoisotopic (exact) mass is 218 g/mol. The van der Waals surface area contributed by atoms with E-state index in [0.29, 0.717) is 6.04 Å². The molecule has 1 aromatic carbocycles. The third-order valence-corrected chi connectivity index (χ3v) is 3.45. The highest BCUT2D eigenvalue weighted by Gasteiger charge is 2.12. The average Bonchev–Trinajstić information content (AvgIpc) is 2.76. The van der Waals surface area contributed by atoms with E-state index in [0.717, 1.165) is 13.1 Å². The number of rotatable bonds is 4. The Hall–Kier alpha value is -0.860. The molecule has 1 aliphatic heterocycles. The standard InChI is InChI=1S/C14H22N2/c1-11-5-6-13(8-12(11)2)9-15-10-14-4-3-7-16-14/h5-6,8,14-16H,3-4,7,9-10H2,1-2H3. The molecule has 1 fully saturated rings. The molecular formula is C14H22N2. The Morgan fingerprint density at radius 2 is 2.19 bits per heavy atom. The molecular weight excluding hydrogens is 196 g/mol. The fraction of sp³-hybridized carbons (Fsp3) is 0.571.